The summed E-state index contributed by atoms with van der Waals surface area (Å²) >= 11 is 11.6. The summed E-state index contributed by atoms with van der Waals surface area (Å²) in [6, 6.07) is 3.15. The number of carbonyl (C=O) groups excluding carboxylic acids is 1. The van der Waals surface area contributed by atoms with Crippen molar-refractivity contribution in [1.29, 1.82) is 0 Å². The minimum Gasteiger partial charge on any atom is -0.350 e. The van der Waals surface area contributed by atoms with Gasteiger partial charge in [0.05, 0.1) is 5.02 Å². The summed E-state index contributed by atoms with van der Waals surface area (Å²) in [5.41, 5.74) is 0.506. The fraction of sp³-hybridized carbons (Fsp3) is 0.500. The molecule has 1 aromatic rings. The zero-order chi connectivity index (χ0) is 12.5. The van der Waals surface area contributed by atoms with Crippen molar-refractivity contribution in [2.24, 2.45) is 5.41 Å². The van der Waals surface area contributed by atoms with E-state index in [2.05, 4.69) is 17.2 Å². The van der Waals surface area contributed by atoms with Crippen molar-refractivity contribution in [1.82, 2.24) is 10.3 Å². The molecule has 1 saturated carbocycles. The summed E-state index contributed by atoms with van der Waals surface area (Å²) in [5, 5.41) is 3.48. The van der Waals surface area contributed by atoms with Crippen LogP contribution in [0.5, 0.6) is 0 Å². The largest absolute Gasteiger partial charge is 0.350 e. The fourth-order valence-electron chi connectivity index (χ4n) is 1.76. The smallest absolute Gasteiger partial charge is 0.271 e. The molecule has 5 heteroatoms. The van der Waals surface area contributed by atoms with E-state index in [1.807, 2.05) is 0 Å². The van der Waals surface area contributed by atoms with E-state index in [-0.39, 0.29) is 16.8 Å². The van der Waals surface area contributed by atoms with Crippen LogP contribution in [0.4, 0.5) is 0 Å². The lowest BCUT2D eigenvalue weighted by molar-refractivity contribution is 0.0939. The highest BCUT2D eigenvalue weighted by atomic mass is 35.5. The van der Waals surface area contributed by atoms with Crippen LogP contribution in [-0.4, -0.2) is 17.4 Å². The van der Waals surface area contributed by atoms with Crippen molar-refractivity contribution < 1.29 is 4.79 Å². The molecule has 1 amide bonds. The summed E-state index contributed by atoms with van der Waals surface area (Å²) in [6.45, 7) is 2.83. The molecule has 3 nitrogen and oxygen atoms in total. The number of hydrogen-bond acceptors (Lipinski definition) is 2. The topological polar surface area (TPSA) is 42.0 Å². The molecule has 17 heavy (non-hydrogen) atoms. The number of aromatic nitrogens is 1. The molecule has 92 valence electrons. The second-order valence-corrected chi connectivity index (χ2v) is 5.30. The molecule has 0 radical (unpaired) electrons. The van der Waals surface area contributed by atoms with Gasteiger partial charge in [-0.05, 0) is 36.8 Å². The first-order valence-electron chi connectivity index (χ1n) is 5.66. The Morgan fingerprint density at radius 3 is 2.76 bits per heavy atom. The van der Waals surface area contributed by atoms with E-state index < -0.39 is 0 Å². The maximum Gasteiger partial charge on any atom is 0.271 e. The van der Waals surface area contributed by atoms with Crippen LogP contribution in [-0.2, 0) is 0 Å². The third-order valence-electron chi connectivity index (χ3n) is 3.36. The number of rotatable bonds is 4. The maximum atomic E-state index is 11.9. The van der Waals surface area contributed by atoms with Gasteiger partial charge in [-0.3, -0.25) is 4.79 Å². The average Bonchev–Trinajstić information content (AvgIpc) is 3.10. The van der Waals surface area contributed by atoms with Crippen molar-refractivity contribution in [3.8, 4) is 0 Å². The Labute approximate surface area is 111 Å². The molecule has 1 N–H and O–H groups in total. The molecule has 1 aromatic heterocycles. The summed E-state index contributed by atoms with van der Waals surface area (Å²) in [4.78, 5) is 15.8. The monoisotopic (exact) mass is 272 g/mol. The van der Waals surface area contributed by atoms with Crippen LogP contribution < -0.4 is 5.32 Å². The molecular weight excluding hydrogens is 259 g/mol. The van der Waals surface area contributed by atoms with E-state index in [0.29, 0.717) is 17.0 Å². The third-order valence-corrected chi connectivity index (χ3v) is 3.87. The second kappa shape index (κ2) is 4.83. The molecule has 2 rings (SSSR count). The van der Waals surface area contributed by atoms with Crippen LogP contribution in [0, 0.1) is 5.41 Å². The number of hydrogen-bond donors (Lipinski definition) is 1. The van der Waals surface area contributed by atoms with E-state index in [9.17, 15) is 4.79 Å². The highest BCUT2D eigenvalue weighted by molar-refractivity contribution is 6.34. The molecule has 0 bridgehead atoms. The van der Waals surface area contributed by atoms with Crippen LogP contribution in [0.25, 0.3) is 0 Å². The van der Waals surface area contributed by atoms with Crippen LogP contribution in [0.2, 0.25) is 10.2 Å². The standard InChI is InChI=1S/C12H14Cl2N2O/c1-2-12(5-6-12)7-15-11(17)10-8(13)3-4-9(14)16-10/h3-4H,2,5-7H2,1H3,(H,15,17). The number of nitrogens with one attached hydrogen (secondary N) is 1. The summed E-state index contributed by atoms with van der Waals surface area (Å²) in [7, 11) is 0. The van der Waals surface area contributed by atoms with Gasteiger partial charge in [0.15, 0.2) is 0 Å². The quantitative estimate of drug-likeness (QED) is 0.855. The number of nitrogens with zero attached hydrogens (tertiary/aromatic N) is 1. The number of carbonyl (C=O) groups is 1. The highest BCUT2D eigenvalue weighted by Crippen LogP contribution is 2.47. The first-order valence-corrected chi connectivity index (χ1v) is 6.42. The Hall–Kier alpha value is -0.800. The molecule has 0 aromatic carbocycles. The maximum absolute atomic E-state index is 11.9. The van der Waals surface area contributed by atoms with Gasteiger partial charge in [-0.15, -0.1) is 0 Å². The number of halogens is 2. The van der Waals surface area contributed by atoms with Gasteiger partial charge in [0, 0.05) is 6.54 Å². The van der Waals surface area contributed by atoms with Gasteiger partial charge < -0.3 is 5.32 Å². The van der Waals surface area contributed by atoms with Crippen LogP contribution in [0.15, 0.2) is 12.1 Å². The molecule has 0 atom stereocenters. The summed E-state index contributed by atoms with van der Waals surface area (Å²) in [5.74, 6) is -0.253. The van der Waals surface area contributed by atoms with Crippen molar-refractivity contribution in [2.75, 3.05) is 6.54 Å². The Kier molecular flexibility index (Phi) is 3.59. The average molecular weight is 273 g/mol. The van der Waals surface area contributed by atoms with E-state index >= 15 is 0 Å². The van der Waals surface area contributed by atoms with Crippen molar-refractivity contribution in [3.63, 3.8) is 0 Å². The van der Waals surface area contributed by atoms with Gasteiger partial charge in [0.2, 0.25) is 0 Å². The summed E-state index contributed by atoms with van der Waals surface area (Å²) in [6.07, 6.45) is 3.45. The predicted octanol–water partition coefficient (Wildman–Crippen LogP) is 3.31. The molecule has 1 fully saturated rings. The second-order valence-electron chi connectivity index (χ2n) is 4.50. The Morgan fingerprint density at radius 1 is 1.47 bits per heavy atom. The SMILES string of the molecule is CCC1(CNC(=O)c2nc(Cl)ccc2Cl)CC1. The lowest BCUT2D eigenvalue weighted by atomic mass is 10.0. The molecule has 0 saturated heterocycles. The number of pyridine rings is 1. The molecule has 0 aliphatic heterocycles. The Bertz CT molecular complexity index is 444. The lowest BCUT2D eigenvalue weighted by Gasteiger charge is -2.13. The molecule has 0 unspecified atom stereocenters. The van der Waals surface area contributed by atoms with Gasteiger partial charge >= 0.3 is 0 Å². The van der Waals surface area contributed by atoms with Gasteiger partial charge in [-0.25, -0.2) is 4.98 Å². The highest BCUT2D eigenvalue weighted by Gasteiger charge is 2.40. The van der Waals surface area contributed by atoms with Crippen LogP contribution >= 0.6 is 23.2 Å². The summed E-state index contributed by atoms with van der Waals surface area (Å²) < 4.78 is 0. The zero-order valence-corrected chi connectivity index (χ0v) is 11.1. The minimum atomic E-state index is -0.253. The molecule has 1 heterocycles. The third kappa shape index (κ3) is 2.90. The van der Waals surface area contributed by atoms with Crippen molar-refractivity contribution in [3.05, 3.63) is 28.0 Å². The van der Waals surface area contributed by atoms with E-state index in [1.54, 1.807) is 12.1 Å². The van der Waals surface area contributed by atoms with Gasteiger partial charge in [0.25, 0.3) is 5.91 Å². The van der Waals surface area contributed by atoms with Crippen LogP contribution in [0.3, 0.4) is 0 Å². The molecule has 1 aliphatic carbocycles. The van der Waals surface area contributed by atoms with Gasteiger partial charge in [-0.1, -0.05) is 30.1 Å². The van der Waals surface area contributed by atoms with Gasteiger partial charge in [-0.2, -0.15) is 0 Å². The van der Waals surface area contributed by atoms with E-state index in [0.717, 1.165) is 6.42 Å². The first-order chi connectivity index (χ1) is 8.06. The first kappa shape index (κ1) is 12.7. The fourth-order valence-corrected chi connectivity index (χ4v) is 2.10. The molecule has 0 spiro atoms. The molecule has 1 aliphatic rings. The van der Waals surface area contributed by atoms with Crippen molar-refractivity contribution in [2.45, 2.75) is 26.2 Å². The zero-order valence-electron chi connectivity index (χ0n) is 9.59. The number of amides is 1. The minimum absolute atomic E-state index is 0.200. The Morgan fingerprint density at radius 2 is 2.18 bits per heavy atom. The van der Waals surface area contributed by atoms with E-state index in [1.165, 1.54) is 12.8 Å². The Balaban J connectivity index is 2.02. The lowest BCUT2D eigenvalue weighted by Crippen LogP contribution is -2.30. The molecular formula is C12H14Cl2N2O. The van der Waals surface area contributed by atoms with Gasteiger partial charge in [0.1, 0.15) is 10.8 Å². The van der Waals surface area contributed by atoms with E-state index in [4.69, 9.17) is 23.2 Å². The van der Waals surface area contributed by atoms with Crippen molar-refractivity contribution >= 4 is 29.1 Å². The predicted molar refractivity (Wildman–Crippen MR) is 68.5 cm³/mol. The normalized spacial score (nSPS) is 16.6. The van der Waals surface area contributed by atoms with Crippen LogP contribution in [0.1, 0.15) is 36.7 Å².